The summed E-state index contributed by atoms with van der Waals surface area (Å²) in [6, 6.07) is 2.56. The van der Waals surface area contributed by atoms with Gasteiger partial charge < -0.3 is 20.1 Å². The van der Waals surface area contributed by atoms with Crippen molar-refractivity contribution in [2.24, 2.45) is 0 Å². The minimum Gasteiger partial charge on any atom is -0.382 e. The van der Waals surface area contributed by atoms with Crippen molar-refractivity contribution in [1.29, 1.82) is 0 Å². The van der Waals surface area contributed by atoms with Crippen molar-refractivity contribution in [3.63, 3.8) is 0 Å². The van der Waals surface area contributed by atoms with Crippen LogP contribution in [0.3, 0.4) is 0 Å². The van der Waals surface area contributed by atoms with E-state index in [1.165, 1.54) is 11.1 Å². The molecule has 0 spiro atoms. The first-order valence-electron chi connectivity index (χ1n) is 7.44. The third-order valence-corrected chi connectivity index (χ3v) is 3.35. The van der Waals surface area contributed by atoms with Crippen LogP contribution in [0.25, 0.3) is 0 Å². The van der Waals surface area contributed by atoms with E-state index in [0.29, 0.717) is 19.2 Å². The average Bonchev–Trinajstić information content (AvgIpc) is 2.41. The molecule has 0 saturated carbocycles. The van der Waals surface area contributed by atoms with Gasteiger partial charge in [0.2, 0.25) is 0 Å². The highest BCUT2D eigenvalue weighted by Gasteiger charge is 2.12. The molecule has 5 nitrogen and oxygen atoms in total. The highest BCUT2D eigenvalue weighted by atomic mass is 16.5. The van der Waals surface area contributed by atoms with Crippen molar-refractivity contribution < 1.29 is 9.47 Å². The molecule has 5 heteroatoms. The van der Waals surface area contributed by atoms with Gasteiger partial charge in [-0.1, -0.05) is 13.8 Å². The minimum atomic E-state index is 0.0172. The Kier molecular flexibility index (Phi) is 7.64. The van der Waals surface area contributed by atoms with Crippen LogP contribution in [-0.4, -0.2) is 44.5 Å². The first-order valence-corrected chi connectivity index (χ1v) is 7.44. The van der Waals surface area contributed by atoms with E-state index in [1.807, 2.05) is 6.92 Å². The summed E-state index contributed by atoms with van der Waals surface area (Å²) < 4.78 is 10.5. The SMILES string of the molecule is COCC(CNc1nc(C)cc(C)c1CNC(C)C)OC. The van der Waals surface area contributed by atoms with Crippen LogP contribution in [0, 0.1) is 13.8 Å². The lowest BCUT2D eigenvalue weighted by Crippen LogP contribution is -2.28. The molecule has 0 aliphatic rings. The predicted octanol–water partition coefficient (Wildman–Crippen LogP) is 2.27. The van der Waals surface area contributed by atoms with E-state index >= 15 is 0 Å². The van der Waals surface area contributed by atoms with E-state index in [-0.39, 0.29) is 6.10 Å². The normalized spacial score (nSPS) is 12.7. The van der Waals surface area contributed by atoms with Crippen LogP contribution in [0.4, 0.5) is 5.82 Å². The standard InChI is InChI=1S/C16H29N3O2/c1-11(2)17-9-15-12(3)7-13(4)19-16(15)18-8-14(21-6)10-20-5/h7,11,14,17H,8-10H2,1-6H3,(H,18,19). The zero-order chi connectivity index (χ0) is 15.8. The maximum Gasteiger partial charge on any atom is 0.131 e. The quantitative estimate of drug-likeness (QED) is 0.732. The van der Waals surface area contributed by atoms with Crippen LogP contribution in [-0.2, 0) is 16.0 Å². The fourth-order valence-electron chi connectivity index (χ4n) is 2.15. The number of anilines is 1. The van der Waals surface area contributed by atoms with Crippen molar-refractivity contribution in [2.45, 2.75) is 46.4 Å². The van der Waals surface area contributed by atoms with E-state index in [1.54, 1.807) is 14.2 Å². The molecule has 0 radical (unpaired) electrons. The van der Waals surface area contributed by atoms with Crippen LogP contribution in [0.15, 0.2) is 6.07 Å². The molecule has 1 aromatic rings. The summed E-state index contributed by atoms with van der Waals surface area (Å²) in [4.78, 5) is 4.63. The molecule has 0 aliphatic heterocycles. The van der Waals surface area contributed by atoms with Gasteiger partial charge in [-0.25, -0.2) is 4.98 Å². The largest absolute Gasteiger partial charge is 0.382 e. The van der Waals surface area contributed by atoms with Gasteiger partial charge >= 0.3 is 0 Å². The lowest BCUT2D eigenvalue weighted by atomic mass is 10.1. The van der Waals surface area contributed by atoms with E-state index in [9.17, 15) is 0 Å². The lowest BCUT2D eigenvalue weighted by Gasteiger charge is -2.19. The molecule has 0 amide bonds. The monoisotopic (exact) mass is 295 g/mol. The second kappa shape index (κ2) is 8.97. The summed E-state index contributed by atoms with van der Waals surface area (Å²) >= 11 is 0. The summed E-state index contributed by atoms with van der Waals surface area (Å²) in [6.07, 6.45) is 0.0172. The maximum atomic E-state index is 5.38. The fourth-order valence-corrected chi connectivity index (χ4v) is 2.15. The van der Waals surface area contributed by atoms with Crippen molar-refractivity contribution in [3.05, 3.63) is 22.9 Å². The summed E-state index contributed by atoms with van der Waals surface area (Å²) in [6.45, 7) is 10.5. The van der Waals surface area contributed by atoms with Crippen LogP contribution in [0.5, 0.6) is 0 Å². The number of methoxy groups -OCH3 is 2. The van der Waals surface area contributed by atoms with Gasteiger partial charge in [-0.05, 0) is 25.5 Å². The molecule has 1 unspecified atom stereocenters. The van der Waals surface area contributed by atoms with Gasteiger partial charge in [0.1, 0.15) is 5.82 Å². The first kappa shape index (κ1) is 17.9. The third-order valence-electron chi connectivity index (χ3n) is 3.35. The molecule has 0 aromatic carbocycles. The summed E-state index contributed by atoms with van der Waals surface area (Å²) in [5, 5.41) is 6.85. The molecule has 2 N–H and O–H groups in total. The van der Waals surface area contributed by atoms with Gasteiger partial charge in [-0.2, -0.15) is 0 Å². The Bertz CT molecular complexity index is 436. The second-order valence-electron chi connectivity index (χ2n) is 5.64. The van der Waals surface area contributed by atoms with Gasteiger partial charge in [0.15, 0.2) is 0 Å². The number of aryl methyl sites for hydroxylation is 2. The number of aromatic nitrogens is 1. The number of hydrogen-bond acceptors (Lipinski definition) is 5. The highest BCUT2D eigenvalue weighted by molar-refractivity contribution is 5.49. The topological polar surface area (TPSA) is 55.4 Å². The van der Waals surface area contributed by atoms with E-state index in [4.69, 9.17) is 9.47 Å². The van der Waals surface area contributed by atoms with Crippen LogP contribution >= 0.6 is 0 Å². The Morgan fingerprint density at radius 3 is 2.52 bits per heavy atom. The molecule has 21 heavy (non-hydrogen) atoms. The van der Waals surface area contributed by atoms with Gasteiger partial charge in [0.05, 0.1) is 12.7 Å². The molecule has 1 rings (SSSR count). The molecule has 1 heterocycles. The van der Waals surface area contributed by atoms with Crippen molar-refractivity contribution in [1.82, 2.24) is 10.3 Å². The van der Waals surface area contributed by atoms with Gasteiger partial charge in [0.25, 0.3) is 0 Å². The Morgan fingerprint density at radius 2 is 1.95 bits per heavy atom. The Labute approximate surface area is 128 Å². The Morgan fingerprint density at radius 1 is 1.24 bits per heavy atom. The smallest absolute Gasteiger partial charge is 0.131 e. The molecule has 1 atom stereocenters. The molecule has 0 fully saturated rings. The first-order chi connectivity index (χ1) is 9.97. The minimum absolute atomic E-state index is 0.0172. The summed E-state index contributed by atoms with van der Waals surface area (Å²) in [5.74, 6) is 0.929. The molecular formula is C16H29N3O2. The zero-order valence-electron chi connectivity index (χ0n) is 14.1. The van der Waals surface area contributed by atoms with Gasteiger partial charge in [-0.15, -0.1) is 0 Å². The molecule has 0 bridgehead atoms. The average molecular weight is 295 g/mol. The Balaban J connectivity index is 2.82. The molecule has 0 saturated heterocycles. The fraction of sp³-hybridized carbons (Fsp3) is 0.688. The zero-order valence-corrected chi connectivity index (χ0v) is 14.1. The maximum absolute atomic E-state index is 5.38. The Hall–Kier alpha value is -1.17. The van der Waals surface area contributed by atoms with Crippen molar-refractivity contribution in [3.8, 4) is 0 Å². The number of hydrogen-bond donors (Lipinski definition) is 2. The van der Waals surface area contributed by atoms with Crippen LogP contribution in [0.2, 0.25) is 0 Å². The van der Waals surface area contributed by atoms with Gasteiger partial charge in [0, 0.05) is 44.6 Å². The second-order valence-corrected chi connectivity index (χ2v) is 5.64. The molecule has 120 valence electrons. The number of nitrogens with one attached hydrogen (secondary N) is 2. The van der Waals surface area contributed by atoms with E-state index < -0.39 is 0 Å². The highest BCUT2D eigenvalue weighted by Crippen LogP contribution is 2.19. The van der Waals surface area contributed by atoms with E-state index in [2.05, 4.69) is 42.5 Å². The summed E-state index contributed by atoms with van der Waals surface area (Å²) in [5.41, 5.74) is 3.48. The van der Waals surface area contributed by atoms with Gasteiger partial charge in [-0.3, -0.25) is 0 Å². The predicted molar refractivity (Wildman–Crippen MR) is 86.8 cm³/mol. The van der Waals surface area contributed by atoms with E-state index in [0.717, 1.165) is 18.1 Å². The molecular weight excluding hydrogens is 266 g/mol. The van der Waals surface area contributed by atoms with Crippen LogP contribution in [0.1, 0.15) is 30.7 Å². The number of nitrogens with zero attached hydrogens (tertiary/aromatic N) is 1. The number of ether oxygens (including phenoxy) is 2. The lowest BCUT2D eigenvalue weighted by molar-refractivity contribution is 0.0365. The summed E-state index contributed by atoms with van der Waals surface area (Å²) in [7, 11) is 3.38. The van der Waals surface area contributed by atoms with Crippen LogP contribution < -0.4 is 10.6 Å². The van der Waals surface area contributed by atoms with Crippen molar-refractivity contribution >= 4 is 5.82 Å². The number of rotatable bonds is 9. The van der Waals surface area contributed by atoms with Crippen molar-refractivity contribution in [2.75, 3.05) is 32.7 Å². The molecule has 1 aromatic heterocycles. The third kappa shape index (κ3) is 5.99. The number of pyridine rings is 1. The molecule has 0 aliphatic carbocycles.